The Kier molecular flexibility index (Phi) is 4.95. The molecule has 1 aliphatic rings. The van der Waals surface area contributed by atoms with Crippen LogP contribution in [0.3, 0.4) is 0 Å². The van der Waals surface area contributed by atoms with Crippen LogP contribution in [0.1, 0.15) is 33.6 Å². The van der Waals surface area contributed by atoms with Crippen LogP contribution in [0.4, 0.5) is 4.79 Å². The Labute approximate surface area is 108 Å². The van der Waals surface area contributed by atoms with Crippen LogP contribution in [0, 0.1) is 5.41 Å². The second-order valence-electron chi connectivity index (χ2n) is 5.78. The van der Waals surface area contributed by atoms with Gasteiger partial charge in [0.1, 0.15) is 6.04 Å². The maximum atomic E-state index is 11.8. The van der Waals surface area contributed by atoms with Gasteiger partial charge >= 0.3 is 12.0 Å². The SMILES string of the molecule is CC(C)(C)C(NC(=O)NC1CCNCC1)C(=O)O. The molecule has 6 heteroatoms. The van der Waals surface area contributed by atoms with Gasteiger partial charge in [-0.15, -0.1) is 0 Å². The minimum Gasteiger partial charge on any atom is -0.480 e. The smallest absolute Gasteiger partial charge is 0.326 e. The quantitative estimate of drug-likeness (QED) is 0.594. The van der Waals surface area contributed by atoms with Crippen LogP contribution in [0.15, 0.2) is 0 Å². The minimum absolute atomic E-state index is 0.126. The molecule has 0 aromatic rings. The van der Waals surface area contributed by atoms with Crippen LogP contribution in [0.5, 0.6) is 0 Å². The maximum Gasteiger partial charge on any atom is 0.326 e. The van der Waals surface area contributed by atoms with Gasteiger partial charge in [0, 0.05) is 6.04 Å². The van der Waals surface area contributed by atoms with Crippen LogP contribution in [0.2, 0.25) is 0 Å². The summed E-state index contributed by atoms with van der Waals surface area (Å²) in [6, 6.07) is -1.16. The van der Waals surface area contributed by atoms with Crippen LogP contribution in [-0.2, 0) is 4.79 Å². The Morgan fingerprint density at radius 1 is 1.28 bits per heavy atom. The van der Waals surface area contributed by atoms with E-state index in [4.69, 9.17) is 5.11 Å². The van der Waals surface area contributed by atoms with Gasteiger partial charge < -0.3 is 21.1 Å². The van der Waals surface area contributed by atoms with Crippen LogP contribution in [-0.4, -0.2) is 42.3 Å². The first-order chi connectivity index (χ1) is 8.30. The first-order valence-corrected chi connectivity index (χ1v) is 6.31. The molecular formula is C12H23N3O3. The first kappa shape index (κ1) is 14.8. The van der Waals surface area contributed by atoms with E-state index in [0.29, 0.717) is 0 Å². The molecular weight excluding hydrogens is 234 g/mol. The standard InChI is InChI=1S/C12H23N3O3/c1-12(2,3)9(10(16)17)15-11(18)14-8-4-6-13-7-5-8/h8-9,13H,4-7H2,1-3H3,(H,16,17)(H2,14,15,18). The zero-order chi connectivity index (χ0) is 13.8. The average molecular weight is 257 g/mol. The molecule has 1 aliphatic heterocycles. The molecule has 2 amide bonds. The Balaban J connectivity index is 2.48. The molecule has 0 bridgehead atoms. The van der Waals surface area contributed by atoms with E-state index in [0.717, 1.165) is 25.9 Å². The Hall–Kier alpha value is -1.30. The number of aliphatic carboxylic acids is 1. The van der Waals surface area contributed by atoms with E-state index in [2.05, 4.69) is 16.0 Å². The first-order valence-electron chi connectivity index (χ1n) is 6.31. The highest BCUT2D eigenvalue weighted by molar-refractivity contribution is 5.83. The van der Waals surface area contributed by atoms with Crippen molar-refractivity contribution in [2.24, 2.45) is 5.41 Å². The highest BCUT2D eigenvalue weighted by atomic mass is 16.4. The average Bonchev–Trinajstić information content (AvgIpc) is 2.25. The number of carboxylic acid groups (broad SMARTS) is 1. The number of amides is 2. The number of carbonyl (C=O) groups excluding carboxylic acids is 1. The fraction of sp³-hybridized carbons (Fsp3) is 0.833. The monoisotopic (exact) mass is 257 g/mol. The number of nitrogens with one attached hydrogen (secondary N) is 3. The molecule has 1 atom stereocenters. The number of hydrogen-bond donors (Lipinski definition) is 4. The van der Waals surface area contributed by atoms with Gasteiger partial charge in [-0.25, -0.2) is 9.59 Å². The normalized spacial score (nSPS) is 19.1. The zero-order valence-electron chi connectivity index (χ0n) is 11.2. The summed E-state index contributed by atoms with van der Waals surface area (Å²) in [5.74, 6) is -1.01. The van der Waals surface area contributed by atoms with Gasteiger partial charge in [0.05, 0.1) is 0 Å². The van der Waals surface area contributed by atoms with Gasteiger partial charge in [-0.05, 0) is 31.3 Å². The summed E-state index contributed by atoms with van der Waals surface area (Å²) in [5.41, 5.74) is -0.517. The van der Waals surface area contributed by atoms with Gasteiger partial charge in [-0.1, -0.05) is 20.8 Å². The molecule has 0 spiro atoms. The van der Waals surface area contributed by atoms with Gasteiger partial charge in [0.15, 0.2) is 0 Å². The molecule has 0 saturated carbocycles. The van der Waals surface area contributed by atoms with Crippen molar-refractivity contribution in [3.63, 3.8) is 0 Å². The molecule has 0 aromatic carbocycles. The predicted octanol–water partition coefficient (Wildman–Crippen LogP) is 0.537. The summed E-state index contributed by atoms with van der Waals surface area (Å²) in [7, 11) is 0. The summed E-state index contributed by atoms with van der Waals surface area (Å²) in [4.78, 5) is 22.9. The number of hydrogen-bond acceptors (Lipinski definition) is 3. The Morgan fingerprint density at radius 3 is 2.28 bits per heavy atom. The third kappa shape index (κ3) is 4.52. The number of rotatable bonds is 3. The van der Waals surface area contributed by atoms with Crippen LogP contribution < -0.4 is 16.0 Å². The lowest BCUT2D eigenvalue weighted by Crippen LogP contribution is -2.55. The third-order valence-electron chi connectivity index (χ3n) is 3.06. The second-order valence-corrected chi connectivity index (χ2v) is 5.78. The fourth-order valence-electron chi connectivity index (χ4n) is 1.97. The molecule has 6 nitrogen and oxygen atoms in total. The largest absolute Gasteiger partial charge is 0.480 e. The summed E-state index contributed by atoms with van der Waals surface area (Å²) in [5, 5.41) is 17.7. The van der Waals surface area contributed by atoms with Crippen molar-refractivity contribution >= 4 is 12.0 Å². The van der Waals surface area contributed by atoms with Crippen LogP contribution >= 0.6 is 0 Å². The molecule has 18 heavy (non-hydrogen) atoms. The van der Waals surface area contributed by atoms with Crippen molar-refractivity contribution in [3.05, 3.63) is 0 Å². The number of carbonyl (C=O) groups is 2. The molecule has 1 heterocycles. The molecule has 0 aliphatic carbocycles. The Bertz CT molecular complexity index is 306. The molecule has 4 N–H and O–H groups in total. The summed E-state index contributed by atoms with van der Waals surface area (Å²) < 4.78 is 0. The van der Waals surface area contributed by atoms with E-state index in [1.807, 2.05) is 0 Å². The molecule has 0 aromatic heterocycles. The fourth-order valence-corrected chi connectivity index (χ4v) is 1.97. The molecule has 1 unspecified atom stereocenters. The summed E-state index contributed by atoms with van der Waals surface area (Å²) in [6.07, 6.45) is 1.75. The molecule has 1 rings (SSSR count). The zero-order valence-corrected chi connectivity index (χ0v) is 11.2. The lowest BCUT2D eigenvalue weighted by atomic mass is 9.87. The summed E-state index contributed by atoms with van der Waals surface area (Å²) >= 11 is 0. The molecule has 0 radical (unpaired) electrons. The van der Waals surface area contributed by atoms with Crippen molar-refractivity contribution in [1.82, 2.24) is 16.0 Å². The Morgan fingerprint density at radius 2 is 1.83 bits per heavy atom. The lowest BCUT2D eigenvalue weighted by molar-refractivity contribution is -0.141. The van der Waals surface area contributed by atoms with Crippen molar-refractivity contribution in [1.29, 1.82) is 0 Å². The summed E-state index contributed by atoms with van der Waals surface area (Å²) in [6.45, 7) is 7.13. The highest BCUT2D eigenvalue weighted by Crippen LogP contribution is 2.19. The molecule has 1 saturated heterocycles. The van der Waals surface area contributed by atoms with Gasteiger partial charge in [0.2, 0.25) is 0 Å². The minimum atomic E-state index is -1.01. The van der Waals surface area contributed by atoms with Gasteiger partial charge in [-0.3, -0.25) is 0 Å². The second kappa shape index (κ2) is 6.04. The maximum absolute atomic E-state index is 11.8. The van der Waals surface area contributed by atoms with Crippen molar-refractivity contribution in [2.75, 3.05) is 13.1 Å². The van der Waals surface area contributed by atoms with E-state index in [1.54, 1.807) is 20.8 Å². The number of carboxylic acids is 1. The van der Waals surface area contributed by atoms with Gasteiger partial charge in [0.25, 0.3) is 0 Å². The van der Waals surface area contributed by atoms with Crippen molar-refractivity contribution < 1.29 is 14.7 Å². The van der Waals surface area contributed by atoms with Crippen molar-refractivity contribution in [3.8, 4) is 0 Å². The predicted molar refractivity (Wildman–Crippen MR) is 68.4 cm³/mol. The molecule has 104 valence electrons. The highest BCUT2D eigenvalue weighted by Gasteiger charge is 2.33. The van der Waals surface area contributed by atoms with Crippen molar-refractivity contribution in [2.45, 2.75) is 45.7 Å². The topological polar surface area (TPSA) is 90.5 Å². The van der Waals surface area contributed by atoms with E-state index in [9.17, 15) is 9.59 Å². The number of urea groups is 1. The number of piperidine rings is 1. The van der Waals surface area contributed by atoms with E-state index in [-0.39, 0.29) is 6.04 Å². The van der Waals surface area contributed by atoms with Crippen LogP contribution in [0.25, 0.3) is 0 Å². The third-order valence-corrected chi connectivity index (χ3v) is 3.06. The van der Waals surface area contributed by atoms with Gasteiger partial charge in [-0.2, -0.15) is 0 Å². The van der Waals surface area contributed by atoms with E-state index < -0.39 is 23.5 Å². The van der Waals surface area contributed by atoms with E-state index in [1.165, 1.54) is 0 Å². The molecule has 1 fully saturated rings. The van der Waals surface area contributed by atoms with E-state index >= 15 is 0 Å². The lowest BCUT2D eigenvalue weighted by Gasteiger charge is -2.29.